The third-order valence-corrected chi connectivity index (χ3v) is 5.50. The van der Waals surface area contributed by atoms with Crippen molar-refractivity contribution >= 4 is 16.0 Å². The molecule has 0 aliphatic carbocycles. The smallest absolute Gasteiger partial charge is 0.335 e. The predicted molar refractivity (Wildman–Crippen MR) is 72.3 cm³/mol. The summed E-state index contributed by atoms with van der Waals surface area (Å²) in [4.78, 5) is 11.0. The molecule has 1 N–H and O–H groups in total. The molecular formula is C13H17NO5S. The first-order valence-corrected chi connectivity index (χ1v) is 7.67. The van der Waals surface area contributed by atoms with E-state index >= 15 is 0 Å². The van der Waals surface area contributed by atoms with E-state index in [1.54, 1.807) is 14.0 Å². The second-order valence-corrected chi connectivity index (χ2v) is 6.70. The molecule has 20 heavy (non-hydrogen) atoms. The zero-order chi connectivity index (χ0) is 14.9. The first kappa shape index (κ1) is 15.0. The minimum absolute atomic E-state index is 0.0309. The second-order valence-electron chi connectivity index (χ2n) is 4.79. The van der Waals surface area contributed by atoms with Crippen LogP contribution in [0.15, 0.2) is 23.1 Å². The van der Waals surface area contributed by atoms with Gasteiger partial charge in [-0.25, -0.2) is 13.2 Å². The van der Waals surface area contributed by atoms with Gasteiger partial charge < -0.3 is 9.84 Å². The molecule has 1 aromatic carbocycles. The van der Waals surface area contributed by atoms with E-state index in [2.05, 4.69) is 0 Å². The molecule has 1 aliphatic heterocycles. The molecule has 0 saturated carbocycles. The molecule has 2 rings (SSSR count). The van der Waals surface area contributed by atoms with Gasteiger partial charge in [0, 0.05) is 20.2 Å². The normalized spacial score (nSPS) is 20.2. The van der Waals surface area contributed by atoms with Gasteiger partial charge in [0.25, 0.3) is 0 Å². The van der Waals surface area contributed by atoms with Crippen LogP contribution in [0.3, 0.4) is 0 Å². The monoisotopic (exact) mass is 299 g/mol. The Morgan fingerprint density at radius 1 is 1.45 bits per heavy atom. The maximum absolute atomic E-state index is 12.6. The molecule has 0 spiro atoms. The highest BCUT2D eigenvalue weighted by Gasteiger charge is 2.33. The predicted octanol–water partition coefficient (Wildman–Crippen LogP) is 1.10. The van der Waals surface area contributed by atoms with Crippen molar-refractivity contribution < 1.29 is 23.1 Å². The molecule has 1 saturated heterocycles. The summed E-state index contributed by atoms with van der Waals surface area (Å²) in [7, 11) is -2.13. The summed E-state index contributed by atoms with van der Waals surface area (Å²) in [6.45, 7) is 2.34. The fraction of sp³-hybridized carbons (Fsp3) is 0.462. The summed E-state index contributed by atoms with van der Waals surface area (Å²) in [5, 5.41) is 8.98. The highest BCUT2D eigenvalue weighted by Crippen LogP contribution is 2.25. The van der Waals surface area contributed by atoms with E-state index in [0.29, 0.717) is 25.1 Å². The fourth-order valence-electron chi connectivity index (χ4n) is 2.26. The Hall–Kier alpha value is -1.44. The quantitative estimate of drug-likeness (QED) is 0.900. The maximum atomic E-state index is 12.6. The lowest BCUT2D eigenvalue weighted by Gasteiger charge is -2.18. The number of nitrogens with zero attached hydrogens (tertiary/aromatic N) is 1. The average molecular weight is 299 g/mol. The summed E-state index contributed by atoms with van der Waals surface area (Å²) in [5.41, 5.74) is 0.507. The molecule has 1 heterocycles. The lowest BCUT2D eigenvalue weighted by molar-refractivity contribution is 0.0696. The summed E-state index contributed by atoms with van der Waals surface area (Å²) in [5.74, 6) is -1.14. The number of carbonyl (C=O) groups is 1. The summed E-state index contributed by atoms with van der Waals surface area (Å²) >= 11 is 0. The third kappa shape index (κ3) is 2.70. The largest absolute Gasteiger partial charge is 0.478 e. The van der Waals surface area contributed by atoms with Crippen LogP contribution >= 0.6 is 0 Å². The number of aromatic carboxylic acids is 1. The van der Waals surface area contributed by atoms with Gasteiger partial charge in [-0.2, -0.15) is 4.31 Å². The SMILES string of the molecule is COC1CCN(S(=O)(=O)c2cc(C(=O)O)ccc2C)C1. The lowest BCUT2D eigenvalue weighted by atomic mass is 10.1. The number of carboxylic acid groups (broad SMARTS) is 1. The van der Waals surface area contributed by atoms with E-state index in [1.807, 2.05) is 0 Å². The Balaban J connectivity index is 2.39. The van der Waals surface area contributed by atoms with Crippen molar-refractivity contribution in [3.63, 3.8) is 0 Å². The van der Waals surface area contributed by atoms with Gasteiger partial charge in [-0.05, 0) is 31.0 Å². The van der Waals surface area contributed by atoms with Crippen LogP contribution in [0.25, 0.3) is 0 Å². The molecule has 0 bridgehead atoms. The average Bonchev–Trinajstić information content (AvgIpc) is 2.88. The molecule has 110 valence electrons. The molecule has 1 unspecified atom stereocenters. The molecule has 7 heteroatoms. The molecule has 1 atom stereocenters. The van der Waals surface area contributed by atoms with Crippen molar-refractivity contribution in [2.24, 2.45) is 0 Å². The van der Waals surface area contributed by atoms with Crippen LogP contribution < -0.4 is 0 Å². The molecule has 0 aromatic heterocycles. The molecule has 1 aromatic rings. The van der Waals surface area contributed by atoms with Gasteiger partial charge >= 0.3 is 5.97 Å². The topological polar surface area (TPSA) is 83.9 Å². The highest BCUT2D eigenvalue weighted by molar-refractivity contribution is 7.89. The van der Waals surface area contributed by atoms with Gasteiger partial charge in [-0.15, -0.1) is 0 Å². The second kappa shape index (κ2) is 5.51. The maximum Gasteiger partial charge on any atom is 0.335 e. The van der Waals surface area contributed by atoms with Crippen molar-refractivity contribution in [3.8, 4) is 0 Å². The van der Waals surface area contributed by atoms with Crippen LogP contribution in [0.5, 0.6) is 0 Å². The van der Waals surface area contributed by atoms with Gasteiger partial charge in [-0.3, -0.25) is 0 Å². The summed E-state index contributed by atoms with van der Waals surface area (Å²) in [6, 6.07) is 4.13. The third-order valence-electron chi connectivity index (χ3n) is 3.49. The minimum Gasteiger partial charge on any atom is -0.478 e. The lowest BCUT2D eigenvalue weighted by Crippen LogP contribution is -2.30. The number of carboxylic acids is 1. The first-order chi connectivity index (χ1) is 9.36. The molecule has 1 aliphatic rings. The molecule has 1 fully saturated rings. The van der Waals surface area contributed by atoms with E-state index in [0.717, 1.165) is 0 Å². The van der Waals surface area contributed by atoms with E-state index < -0.39 is 16.0 Å². The van der Waals surface area contributed by atoms with Gasteiger partial charge in [0.1, 0.15) is 0 Å². The molecular weight excluding hydrogens is 282 g/mol. The van der Waals surface area contributed by atoms with Gasteiger partial charge in [0.2, 0.25) is 10.0 Å². The Bertz CT molecular complexity index is 626. The van der Waals surface area contributed by atoms with Crippen LogP contribution in [-0.4, -0.2) is 50.1 Å². The summed E-state index contributed by atoms with van der Waals surface area (Å²) in [6.07, 6.45) is 0.542. The molecule has 0 amide bonds. The van der Waals surface area contributed by atoms with Crippen LogP contribution in [-0.2, 0) is 14.8 Å². The summed E-state index contributed by atoms with van der Waals surface area (Å²) < 4.78 is 31.6. The zero-order valence-electron chi connectivity index (χ0n) is 11.4. The van der Waals surface area contributed by atoms with Crippen molar-refractivity contribution in [1.82, 2.24) is 4.31 Å². The number of sulfonamides is 1. The fourth-order valence-corrected chi connectivity index (χ4v) is 4.00. The number of benzene rings is 1. The highest BCUT2D eigenvalue weighted by atomic mass is 32.2. The number of aryl methyl sites for hydroxylation is 1. The number of hydrogen-bond acceptors (Lipinski definition) is 4. The molecule has 0 radical (unpaired) electrons. The van der Waals surface area contributed by atoms with Crippen LogP contribution in [0.4, 0.5) is 0 Å². The van der Waals surface area contributed by atoms with Gasteiger partial charge in [0.05, 0.1) is 16.6 Å². The number of methoxy groups -OCH3 is 1. The van der Waals surface area contributed by atoms with E-state index in [9.17, 15) is 13.2 Å². The Labute approximate surface area is 118 Å². The molecule has 6 nitrogen and oxygen atoms in total. The standard InChI is InChI=1S/C13H17NO5S/c1-9-3-4-10(13(15)16)7-12(9)20(17,18)14-6-5-11(8-14)19-2/h3-4,7,11H,5-6,8H2,1-2H3,(H,15,16). The minimum atomic E-state index is -3.68. The number of ether oxygens (including phenoxy) is 1. The zero-order valence-corrected chi connectivity index (χ0v) is 12.2. The Morgan fingerprint density at radius 3 is 2.70 bits per heavy atom. The van der Waals surface area contributed by atoms with Crippen molar-refractivity contribution in [3.05, 3.63) is 29.3 Å². The Morgan fingerprint density at radius 2 is 2.15 bits per heavy atom. The van der Waals surface area contributed by atoms with Crippen molar-refractivity contribution in [1.29, 1.82) is 0 Å². The van der Waals surface area contributed by atoms with E-state index in [1.165, 1.54) is 22.5 Å². The Kier molecular flexibility index (Phi) is 4.12. The van der Waals surface area contributed by atoms with E-state index in [-0.39, 0.29) is 16.6 Å². The van der Waals surface area contributed by atoms with Crippen LogP contribution in [0.2, 0.25) is 0 Å². The van der Waals surface area contributed by atoms with Gasteiger partial charge in [0.15, 0.2) is 0 Å². The van der Waals surface area contributed by atoms with Crippen LogP contribution in [0, 0.1) is 6.92 Å². The number of hydrogen-bond donors (Lipinski definition) is 1. The van der Waals surface area contributed by atoms with Crippen molar-refractivity contribution in [2.75, 3.05) is 20.2 Å². The first-order valence-electron chi connectivity index (χ1n) is 6.23. The van der Waals surface area contributed by atoms with Gasteiger partial charge in [-0.1, -0.05) is 6.07 Å². The number of rotatable bonds is 4. The van der Waals surface area contributed by atoms with Crippen molar-refractivity contribution in [2.45, 2.75) is 24.3 Å². The van der Waals surface area contributed by atoms with Crippen LogP contribution in [0.1, 0.15) is 22.3 Å². The van der Waals surface area contributed by atoms with E-state index in [4.69, 9.17) is 9.84 Å².